The summed E-state index contributed by atoms with van der Waals surface area (Å²) in [6, 6.07) is 13.6. The van der Waals surface area contributed by atoms with Crippen LogP contribution in [0.1, 0.15) is 17.2 Å². The van der Waals surface area contributed by atoms with Crippen LogP contribution in [0.15, 0.2) is 42.5 Å². The summed E-state index contributed by atoms with van der Waals surface area (Å²) in [5.41, 5.74) is 9.40. The number of ether oxygens (including phenoxy) is 2. The Morgan fingerprint density at radius 1 is 1.00 bits per heavy atom. The fourth-order valence-corrected chi connectivity index (χ4v) is 2.13. The Morgan fingerprint density at radius 2 is 1.70 bits per heavy atom. The van der Waals surface area contributed by atoms with E-state index in [1.807, 2.05) is 50.4 Å². The van der Waals surface area contributed by atoms with Crippen LogP contribution in [-0.2, 0) is 0 Å². The molecule has 1 atom stereocenters. The molecular formula is C15H19BN2O2. The fraction of sp³-hybridized carbons (Fsp3) is 0.200. The molecule has 0 aromatic heterocycles. The SMILES string of the molecule is BNc1cccc(C(N)c2ccc(OC)c(OC)c2)c1. The Morgan fingerprint density at radius 3 is 2.35 bits per heavy atom. The van der Waals surface area contributed by atoms with Gasteiger partial charge in [-0.2, -0.15) is 0 Å². The minimum atomic E-state index is -0.205. The van der Waals surface area contributed by atoms with Crippen molar-refractivity contribution in [3.05, 3.63) is 53.6 Å². The van der Waals surface area contributed by atoms with Crippen LogP contribution < -0.4 is 20.4 Å². The van der Waals surface area contributed by atoms with Gasteiger partial charge in [0.2, 0.25) is 7.98 Å². The molecule has 0 aliphatic rings. The first-order valence-electron chi connectivity index (χ1n) is 6.44. The molecule has 0 saturated carbocycles. The van der Waals surface area contributed by atoms with E-state index in [1.165, 1.54) is 0 Å². The van der Waals surface area contributed by atoms with Crippen LogP contribution in [0.25, 0.3) is 0 Å². The highest BCUT2D eigenvalue weighted by atomic mass is 16.5. The molecule has 3 N–H and O–H groups in total. The van der Waals surface area contributed by atoms with Crippen molar-refractivity contribution in [3.8, 4) is 11.5 Å². The highest BCUT2D eigenvalue weighted by molar-refractivity contribution is 6.15. The summed E-state index contributed by atoms with van der Waals surface area (Å²) in [5, 5.41) is 3.11. The first kappa shape index (κ1) is 14.3. The van der Waals surface area contributed by atoms with Crippen LogP contribution in [0.5, 0.6) is 11.5 Å². The van der Waals surface area contributed by atoms with Gasteiger partial charge in [0.15, 0.2) is 11.5 Å². The summed E-state index contributed by atoms with van der Waals surface area (Å²) >= 11 is 0. The second kappa shape index (κ2) is 6.35. The lowest BCUT2D eigenvalue weighted by atomic mass is 9.98. The van der Waals surface area contributed by atoms with E-state index < -0.39 is 0 Å². The third-order valence-corrected chi connectivity index (χ3v) is 3.30. The van der Waals surface area contributed by atoms with Gasteiger partial charge in [0.1, 0.15) is 0 Å². The van der Waals surface area contributed by atoms with Crippen molar-refractivity contribution < 1.29 is 9.47 Å². The van der Waals surface area contributed by atoms with E-state index in [0.29, 0.717) is 11.5 Å². The molecule has 0 aliphatic carbocycles. The topological polar surface area (TPSA) is 56.5 Å². The normalized spacial score (nSPS) is 11.8. The maximum absolute atomic E-state index is 6.33. The Labute approximate surface area is 120 Å². The van der Waals surface area contributed by atoms with Crippen LogP contribution in [0.3, 0.4) is 0 Å². The molecule has 0 spiro atoms. The number of benzene rings is 2. The van der Waals surface area contributed by atoms with Crippen molar-refractivity contribution in [1.82, 2.24) is 0 Å². The number of rotatable bonds is 5. The molecule has 0 radical (unpaired) electrons. The molecule has 0 bridgehead atoms. The summed E-state index contributed by atoms with van der Waals surface area (Å²) < 4.78 is 10.6. The Bertz CT molecular complexity index is 590. The van der Waals surface area contributed by atoms with E-state index in [4.69, 9.17) is 15.2 Å². The maximum atomic E-state index is 6.33. The third kappa shape index (κ3) is 2.88. The highest BCUT2D eigenvalue weighted by Gasteiger charge is 2.12. The second-order valence-corrected chi connectivity index (χ2v) is 4.47. The van der Waals surface area contributed by atoms with Crippen molar-refractivity contribution >= 4 is 13.7 Å². The smallest absolute Gasteiger partial charge is 0.213 e. The molecular weight excluding hydrogens is 251 g/mol. The summed E-state index contributed by atoms with van der Waals surface area (Å²) in [4.78, 5) is 0. The van der Waals surface area contributed by atoms with Crippen molar-refractivity contribution in [3.63, 3.8) is 0 Å². The van der Waals surface area contributed by atoms with Gasteiger partial charge < -0.3 is 20.4 Å². The lowest BCUT2D eigenvalue weighted by molar-refractivity contribution is 0.354. The molecule has 104 valence electrons. The molecule has 4 nitrogen and oxygen atoms in total. The zero-order chi connectivity index (χ0) is 14.5. The summed E-state index contributed by atoms with van der Waals surface area (Å²) in [5.74, 6) is 1.39. The van der Waals surface area contributed by atoms with Crippen LogP contribution in [0, 0.1) is 0 Å². The molecule has 0 saturated heterocycles. The van der Waals surface area contributed by atoms with Gasteiger partial charge in [0.25, 0.3) is 0 Å². The van der Waals surface area contributed by atoms with Crippen molar-refractivity contribution in [2.75, 3.05) is 19.4 Å². The number of hydrogen-bond acceptors (Lipinski definition) is 4. The van der Waals surface area contributed by atoms with Gasteiger partial charge in [-0.05, 0) is 35.4 Å². The molecule has 1 unspecified atom stereocenters. The number of methoxy groups -OCH3 is 2. The van der Waals surface area contributed by atoms with Crippen LogP contribution in [0.2, 0.25) is 0 Å². The van der Waals surface area contributed by atoms with Gasteiger partial charge >= 0.3 is 0 Å². The molecule has 2 aromatic rings. The number of nitrogens with one attached hydrogen (secondary N) is 1. The van der Waals surface area contributed by atoms with E-state index in [0.717, 1.165) is 16.8 Å². The fourth-order valence-electron chi connectivity index (χ4n) is 2.13. The minimum Gasteiger partial charge on any atom is -0.493 e. The monoisotopic (exact) mass is 270 g/mol. The quantitative estimate of drug-likeness (QED) is 0.812. The average molecular weight is 270 g/mol. The molecule has 0 fully saturated rings. The van der Waals surface area contributed by atoms with Gasteiger partial charge in [-0.1, -0.05) is 18.2 Å². The summed E-state index contributed by atoms with van der Waals surface area (Å²) in [6.45, 7) is 0. The first-order chi connectivity index (χ1) is 9.69. The number of hydrogen-bond donors (Lipinski definition) is 2. The maximum Gasteiger partial charge on any atom is 0.213 e. The van der Waals surface area contributed by atoms with E-state index in [-0.39, 0.29) is 6.04 Å². The molecule has 0 aliphatic heterocycles. The van der Waals surface area contributed by atoms with Crippen molar-refractivity contribution in [1.29, 1.82) is 0 Å². The van der Waals surface area contributed by atoms with Crippen LogP contribution in [0.4, 0.5) is 5.69 Å². The zero-order valence-electron chi connectivity index (χ0n) is 12.0. The van der Waals surface area contributed by atoms with Gasteiger partial charge in [0, 0.05) is 5.69 Å². The zero-order valence-corrected chi connectivity index (χ0v) is 12.0. The Hall–Kier alpha value is -2.14. The highest BCUT2D eigenvalue weighted by Crippen LogP contribution is 2.31. The Kier molecular flexibility index (Phi) is 4.53. The standard InChI is InChI=1S/C15H19BN2O2/c1-19-13-7-6-11(9-14(13)20-2)15(17)10-4-3-5-12(8-10)18-16/h3-9,15,18H,16-17H2,1-2H3. The predicted octanol–water partition coefficient (Wildman–Crippen LogP) is 1.71. The number of anilines is 1. The van der Waals surface area contributed by atoms with E-state index in [9.17, 15) is 0 Å². The summed E-state index contributed by atoms with van der Waals surface area (Å²) in [7, 11) is 5.13. The predicted molar refractivity (Wildman–Crippen MR) is 84.2 cm³/mol. The summed E-state index contributed by atoms with van der Waals surface area (Å²) in [6.07, 6.45) is 0. The van der Waals surface area contributed by atoms with E-state index in [1.54, 1.807) is 14.2 Å². The van der Waals surface area contributed by atoms with Gasteiger partial charge in [0.05, 0.1) is 20.3 Å². The van der Waals surface area contributed by atoms with Gasteiger partial charge in [-0.15, -0.1) is 0 Å². The van der Waals surface area contributed by atoms with Crippen molar-refractivity contribution in [2.45, 2.75) is 6.04 Å². The lowest BCUT2D eigenvalue weighted by Crippen LogP contribution is -2.12. The number of nitrogens with two attached hydrogens (primary N) is 1. The van der Waals surface area contributed by atoms with Crippen LogP contribution in [-0.4, -0.2) is 22.2 Å². The molecule has 5 heteroatoms. The minimum absolute atomic E-state index is 0.205. The van der Waals surface area contributed by atoms with E-state index >= 15 is 0 Å². The second-order valence-electron chi connectivity index (χ2n) is 4.47. The lowest BCUT2D eigenvalue weighted by Gasteiger charge is -2.16. The average Bonchev–Trinajstić information content (AvgIpc) is 2.53. The third-order valence-electron chi connectivity index (χ3n) is 3.30. The van der Waals surface area contributed by atoms with Gasteiger partial charge in [-0.3, -0.25) is 0 Å². The molecule has 2 aromatic carbocycles. The first-order valence-corrected chi connectivity index (χ1v) is 6.44. The Balaban J connectivity index is 2.34. The molecule has 0 heterocycles. The van der Waals surface area contributed by atoms with Gasteiger partial charge in [-0.25, -0.2) is 0 Å². The molecule has 0 amide bonds. The molecule has 2 rings (SSSR count). The van der Waals surface area contributed by atoms with Crippen molar-refractivity contribution in [2.24, 2.45) is 5.73 Å². The van der Waals surface area contributed by atoms with E-state index in [2.05, 4.69) is 5.23 Å². The largest absolute Gasteiger partial charge is 0.493 e. The van der Waals surface area contributed by atoms with Crippen LogP contribution >= 0.6 is 0 Å². The molecule has 20 heavy (non-hydrogen) atoms.